The van der Waals surface area contributed by atoms with Crippen molar-refractivity contribution in [1.82, 2.24) is 0 Å². The molecule has 9 aromatic rings. The topological polar surface area (TPSA) is 9.72 Å². The summed E-state index contributed by atoms with van der Waals surface area (Å²) in [7, 11) is 0. The molecule has 2 heterocycles. The fourth-order valence-corrected chi connectivity index (χ4v) is 12.1. The molecular formula is C69H66BN3. The van der Waals surface area contributed by atoms with E-state index in [-0.39, 0.29) is 28.4 Å². The van der Waals surface area contributed by atoms with Gasteiger partial charge in [-0.1, -0.05) is 204 Å². The molecule has 2 aliphatic heterocycles. The standard InChI is InChI=1S/C69H66BN3/c1-66(2,3)46-34-38-58(53(40-46)45-24-15-12-16-25-45)72-59-39-35-47(67(4,5)6)41-57(59)70-56-37-36-51(71(49-26-17-13-18-27-49)50-28-19-14-20-29-50)44-61(56)73(63-43-48(68(7,8)9)42-62(72)65(63)70)60-33-23-32-55-64(60)52-30-21-22-31-54(52)69(55,10)11/h12-44H,1-11H3. The average Bonchev–Trinajstić information content (AvgIpc) is 3.61. The Kier molecular flexibility index (Phi) is 10.7. The van der Waals surface area contributed by atoms with Crippen LogP contribution < -0.4 is 31.1 Å². The van der Waals surface area contributed by atoms with Crippen LogP contribution in [0.25, 0.3) is 22.3 Å². The normalized spacial score (nSPS) is 14.3. The Balaban J connectivity index is 1.23. The minimum absolute atomic E-state index is 0.0390. The van der Waals surface area contributed by atoms with E-state index in [2.05, 4.69) is 291 Å². The maximum atomic E-state index is 2.67. The van der Waals surface area contributed by atoms with E-state index in [9.17, 15) is 0 Å². The Bertz CT molecular complexity index is 3570. The number of fused-ring (bicyclic) bond motifs is 7. The number of nitrogens with zero attached hydrogens (tertiary/aromatic N) is 3. The SMILES string of the molecule is CC(C)(C)c1ccc2c(c1)B1c3ccc(N(c4ccccc4)c4ccccc4)cc3N(c3cccc4c3-c3ccccc3C4(C)C)c3cc(C(C)(C)C)cc(c31)N2c1ccc(C(C)(C)C)cc1-c1ccccc1. The van der Waals surface area contributed by atoms with Crippen LogP contribution in [-0.2, 0) is 21.7 Å². The van der Waals surface area contributed by atoms with Gasteiger partial charge < -0.3 is 14.7 Å². The summed E-state index contributed by atoms with van der Waals surface area (Å²) in [4.78, 5) is 7.73. The lowest BCUT2D eigenvalue weighted by molar-refractivity contribution is 0.590. The van der Waals surface area contributed by atoms with Crippen molar-refractivity contribution in [1.29, 1.82) is 0 Å². The van der Waals surface area contributed by atoms with Crippen molar-refractivity contribution in [3.8, 4) is 22.3 Å². The smallest absolute Gasteiger partial charge is 0.252 e. The van der Waals surface area contributed by atoms with E-state index in [1.54, 1.807) is 0 Å². The minimum Gasteiger partial charge on any atom is -0.311 e. The number of benzene rings is 9. The third-order valence-corrected chi connectivity index (χ3v) is 16.1. The van der Waals surface area contributed by atoms with Crippen LogP contribution in [0.2, 0.25) is 0 Å². The van der Waals surface area contributed by atoms with Crippen LogP contribution in [0.15, 0.2) is 200 Å². The van der Waals surface area contributed by atoms with Crippen molar-refractivity contribution >= 4 is 74.3 Å². The van der Waals surface area contributed by atoms with E-state index >= 15 is 0 Å². The molecule has 0 saturated carbocycles. The summed E-state index contributed by atoms with van der Waals surface area (Å²) in [5, 5.41) is 0. The first-order chi connectivity index (χ1) is 34.9. The molecule has 0 atom stereocenters. The van der Waals surface area contributed by atoms with Crippen molar-refractivity contribution in [3.63, 3.8) is 0 Å². The molecular weight excluding hydrogens is 882 g/mol. The van der Waals surface area contributed by atoms with Crippen LogP contribution >= 0.6 is 0 Å². The van der Waals surface area contributed by atoms with Gasteiger partial charge >= 0.3 is 0 Å². The van der Waals surface area contributed by atoms with Gasteiger partial charge in [-0.2, -0.15) is 0 Å². The first-order valence-corrected chi connectivity index (χ1v) is 26.3. The number of rotatable bonds is 6. The van der Waals surface area contributed by atoms with Gasteiger partial charge in [-0.15, -0.1) is 0 Å². The largest absolute Gasteiger partial charge is 0.311 e. The molecule has 3 nitrogen and oxygen atoms in total. The summed E-state index contributed by atoms with van der Waals surface area (Å²) in [5.74, 6) is 0. The number of hydrogen-bond donors (Lipinski definition) is 0. The molecule has 0 N–H and O–H groups in total. The van der Waals surface area contributed by atoms with Gasteiger partial charge in [0.1, 0.15) is 0 Å². The van der Waals surface area contributed by atoms with Crippen LogP contribution in [0.3, 0.4) is 0 Å². The van der Waals surface area contributed by atoms with Gasteiger partial charge in [0.25, 0.3) is 6.71 Å². The summed E-state index contributed by atoms with van der Waals surface area (Å²) >= 11 is 0. The molecule has 3 aliphatic rings. The second-order valence-electron chi connectivity index (χ2n) is 24.3. The Morgan fingerprint density at radius 2 is 0.904 bits per heavy atom. The van der Waals surface area contributed by atoms with Crippen molar-refractivity contribution in [2.75, 3.05) is 14.7 Å². The van der Waals surface area contributed by atoms with Crippen molar-refractivity contribution in [2.45, 2.75) is 97.8 Å². The highest BCUT2D eigenvalue weighted by Crippen LogP contribution is 2.56. The van der Waals surface area contributed by atoms with Crippen LogP contribution in [0.1, 0.15) is 104 Å². The fraction of sp³-hybridized carbons (Fsp3) is 0.217. The van der Waals surface area contributed by atoms with Gasteiger partial charge in [-0.3, -0.25) is 0 Å². The Hall–Kier alpha value is -7.56. The molecule has 0 radical (unpaired) electrons. The van der Waals surface area contributed by atoms with Crippen molar-refractivity contribution in [3.05, 3.63) is 228 Å². The predicted octanol–water partition coefficient (Wildman–Crippen LogP) is 17.1. The Morgan fingerprint density at radius 1 is 0.370 bits per heavy atom. The monoisotopic (exact) mass is 948 g/mol. The average molecular weight is 948 g/mol. The molecule has 0 bridgehead atoms. The van der Waals surface area contributed by atoms with E-state index in [0.717, 1.165) is 17.1 Å². The first kappa shape index (κ1) is 46.5. The van der Waals surface area contributed by atoms with Crippen LogP contribution in [0, 0.1) is 0 Å². The van der Waals surface area contributed by atoms with E-state index in [0.29, 0.717) is 0 Å². The van der Waals surface area contributed by atoms with E-state index in [1.807, 2.05) is 0 Å². The number of para-hydroxylation sites is 2. The highest BCUT2D eigenvalue weighted by molar-refractivity contribution is 7.00. The summed E-state index contributed by atoms with van der Waals surface area (Å²) in [6.45, 7) is 25.9. The summed E-state index contributed by atoms with van der Waals surface area (Å²) < 4.78 is 0. The lowest BCUT2D eigenvalue weighted by Gasteiger charge is -2.46. The van der Waals surface area contributed by atoms with Gasteiger partial charge in [0, 0.05) is 56.4 Å². The van der Waals surface area contributed by atoms with Crippen molar-refractivity contribution < 1.29 is 0 Å². The van der Waals surface area contributed by atoms with Crippen LogP contribution in [0.5, 0.6) is 0 Å². The predicted molar refractivity (Wildman–Crippen MR) is 314 cm³/mol. The zero-order valence-corrected chi connectivity index (χ0v) is 44.5. The maximum Gasteiger partial charge on any atom is 0.252 e. The van der Waals surface area contributed by atoms with Gasteiger partial charge in [-0.05, 0) is 144 Å². The molecule has 360 valence electrons. The molecule has 0 saturated heterocycles. The molecule has 0 unspecified atom stereocenters. The molecule has 9 aromatic carbocycles. The molecule has 0 amide bonds. The number of hydrogen-bond acceptors (Lipinski definition) is 3. The molecule has 0 fully saturated rings. The van der Waals surface area contributed by atoms with Gasteiger partial charge in [0.05, 0.1) is 11.4 Å². The summed E-state index contributed by atoms with van der Waals surface area (Å²) in [6.07, 6.45) is 0. The first-order valence-electron chi connectivity index (χ1n) is 26.3. The molecule has 0 aromatic heterocycles. The Morgan fingerprint density at radius 3 is 1.52 bits per heavy atom. The molecule has 1 aliphatic carbocycles. The third-order valence-electron chi connectivity index (χ3n) is 16.1. The quantitative estimate of drug-likeness (QED) is 0.154. The van der Waals surface area contributed by atoms with E-state index in [4.69, 9.17) is 0 Å². The van der Waals surface area contributed by atoms with Crippen LogP contribution in [-0.4, -0.2) is 6.71 Å². The van der Waals surface area contributed by atoms with Crippen LogP contribution in [0.4, 0.5) is 51.2 Å². The zero-order valence-electron chi connectivity index (χ0n) is 44.5. The van der Waals surface area contributed by atoms with E-state index in [1.165, 1.54) is 101 Å². The fourth-order valence-electron chi connectivity index (χ4n) is 12.1. The molecule has 0 spiro atoms. The third kappa shape index (κ3) is 7.55. The van der Waals surface area contributed by atoms with Crippen molar-refractivity contribution in [2.24, 2.45) is 0 Å². The lowest BCUT2D eigenvalue weighted by Crippen LogP contribution is -2.61. The van der Waals surface area contributed by atoms with E-state index < -0.39 is 0 Å². The van der Waals surface area contributed by atoms with Gasteiger partial charge in [0.2, 0.25) is 0 Å². The second-order valence-corrected chi connectivity index (χ2v) is 24.3. The highest BCUT2D eigenvalue weighted by atomic mass is 15.2. The lowest BCUT2D eigenvalue weighted by atomic mass is 9.33. The van der Waals surface area contributed by atoms with Gasteiger partial charge in [0.15, 0.2) is 0 Å². The summed E-state index contributed by atoms with van der Waals surface area (Å²) in [6, 6.07) is 75.9. The zero-order chi connectivity index (χ0) is 50.8. The maximum absolute atomic E-state index is 2.67. The highest BCUT2D eigenvalue weighted by Gasteiger charge is 2.47. The second kappa shape index (κ2) is 16.8. The molecule has 4 heteroatoms. The number of anilines is 9. The minimum atomic E-state index is -0.181. The summed E-state index contributed by atoms with van der Waals surface area (Å²) in [5.41, 5.74) is 25.8. The molecule has 73 heavy (non-hydrogen) atoms. The molecule has 12 rings (SSSR count). The Labute approximate surface area is 434 Å². The van der Waals surface area contributed by atoms with Gasteiger partial charge in [-0.25, -0.2) is 0 Å².